The smallest absolute Gasteiger partial charge is 0.367 e. The van der Waals surface area contributed by atoms with Gasteiger partial charge in [-0.05, 0) is 13.0 Å². The highest BCUT2D eigenvalue weighted by molar-refractivity contribution is 7.11. The Bertz CT molecular complexity index is 635. The van der Waals surface area contributed by atoms with Gasteiger partial charge in [0.1, 0.15) is 5.69 Å². The summed E-state index contributed by atoms with van der Waals surface area (Å²) in [5.41, 5.74) is 1.13. The number of nitrogens with zero attached hydrogens (tertiary/aromatic N) is 3. The van der Waals surface area contributed by atoms with Crippen molar-refractivity contribution in [3.63, 3.8) is 0 Å². The molecule has 0 aromatic carbocycles. The van der Waals surface area contributed by atoms with Crippen LogP contribution in [0.3, 0.4) is 0 Å². The topological polar surface area (TPSA) is 86.1 Å². The molecule has 0 spiro atoms. The van der Waals surface area contributed by atoms with Gasteiger partial charge in [-0.2, -0.15) is 5.10 Å². The molecule has 2 aromatic rings. The molecule has 112 valence electrons. The van der Waals surface area contributed by atoms with Crippen LogP contribution in [0.5, 0.6) is 0 Å². The molecule has 21 heavy (non-hydrogen) atoms. The van der Waals surface area contributed by atoms with Gasteiger partial charge in [0.25, 0.3) is 5.91 Å². The maximum Gasteiger partial charge on any atom is 0.367 e. The molecule has 0 bridgehead atoms. The molecular weight excluding hydrogens is 292 g/mol. The van der Waals surface area contributed by atoms with E-state index in [1.165, 1.54) is 0 Å². The van der Waals surface area contributed by atoms with Crippen molar-refractivity contribution in [3.8, 4) is 0 Å². The molecule has 1 amide bonds. The summed E-state index contributed by atoms with van der Waals surface area (Å²) >= 11 is 1.10. The lowest BCUT2D eigenvalue weighted by Gasteiger charge is -2.01. The third kappa shape index (κ3) is 4.12. The fourth-order valence-corrected chi connectivity index (χ4v) is 2.34. The van der Waals surface area contributed by atoms with Crippen molar-refractivity contribution in [1.29, 1.82) is 0 Å². The summed E-state index contributed by atoms with van der Waals surface area (Å²) in [5.74, 6) is -0.812. The number of nitrogens with one attached hydrogen (secondary N) is 1. The van der Waals surface area contributed by atoms with E-state index in [1.54, 1.807) is 17.0 Å². The third-order valence-electron chi connectivity index (χ3n) is 2.62. The number of hydrogen-bond donors (Lipinski definition) is 1. The minimum atomic E-state index is -0.505. The van der Waals surface area contributed by atoms with Gasteiger partial charge >= 0.3 is 5.97 Å². The van der Waals surface area contributed by atoms with Crippen LogP contribution in [0.25, 0.3) is 0 Å². The van der Waals surface area contributed by atoms with Gasteiger partial charge in [-0.25, -0.2) is 9.78 Å². The Kier molecular flexibility index (Phi) is 5.04. The molecule has 0 aliphatic carbocycles. The normalized spacial score (nSPS) is 10.4. The predicted molar refractivity (Wildman–Crippen MR) is 77.3 cm³/mol. The number of hydrogen-bond acceptors (Lipinski definition) is 6. The van der Waals surface area contributed by atoms with Crippen LogP contribution in [0.2, 0.25) is 0 Å². The lowest BCUT2D eigenvalue weighted by Crippen LogP contribution is -2.26. The number of ether oxygens (including phenoxy) is 1. The molecule has 2 aromatic heterocycles. The molecule has 2 rings (SSSR count). The maximum absolute atomic E-state index is 11.9. The Balaban J connectivity index is 1.84. The molecule has 2 heterocycles. The van der Waals surface area contributed by atoms with Crippen LogP contribution >= 0.6 is 11.3 Å². The first kappa shape index (κ1) is 15.2. The number of aryl methyl sites for hydroxylation is 1. The molecule has 7 nitrogen and oxygen atoms in total. The molecule has 0 aliphatic rings. The summed E-state index contributed by atoms with van der Waals surface area (Å²) in [7, 11) is 1.84. The van der Waals surface area contributed by atoms with E-state index < -0.39 is 5.97 Å². The van der Waals surface area contributed by atoms with Crippen molar-refractivity contribution in [2.24, 2.45) is 7.05 Å². The SMILES string of the molecule is CCOC(=O)c1nc(C(=O)NCCc2ccn(C)n2)cs1. The number of esters is 1. The van der Waals surface area contributed by atoms with Crippen LogP contribution in [0.1, 0.15) is 32.9 Å². The highest BCUT2D eigenvalue weighted by Crippen LogP contribution is 2.11. The van der Waals surface area contributed by atoms with Gasteiger partial charge in [-0.3, -0.25) is 9.48 Å². The van der Waals surface area contributed by atoms with Gasteiger partial charge in [0.2, 0.25) is 5.01 Å². The number of carbonyl (C=O) groups excluding carboxylic acids is 2. The van der Waals surface area contributed by atoms with E-state index in [9.17, 15) is 9.59 Å². The second-order valence-corrected chi connectivity index (χ2v) is 5.10. The van der Waals surface area contributed by atoms with E-state index in [-0.39, 0.29) is 23.2 Å². The summed E-state index contributed by atoms with van der Waals surface area (Å²) in [6.07, 6.45) is 2.49. The second kappa shape index (κ2) is 6.98. The monoisotopic (exact) mass is 308 g/mol. The minimum absolute atomic E-state index is 0.187. The summed E-state index contributed by atoms with van der Waals surface area (Å²) in [4.78, 5) is 27.3. The summed E-state index contributed by atoms with van der Waals surface area (Å²) in [6, 6.07) is 1.90. The van der Waals surface area contributed by atoms with Crippen LogP contribution in [-0.2, 0) is 18.2 Å². The van der Waals surface area contributed by atoms with E-state index in [0.29, 0.717) is 13.0 Å². The van der Waals surface area contributed by atoms with Gasteiger partial charge in [-0.1, -0.05) is 0 Å². The number of thiazole rings is 1. The summed E-state index contributed by atoms with van der Waals surface area (Å²) in [6.45, 7) is 2.46. The highest BCUT2D eigenvalue weighted by Gasteiger charge is 2.16. The first-order valence-electron chi connectivity index (χ1n) is 6.49. The van der Waals surface area contributed by atoms with Gasteiger partial charge in [-0.15, -0.1) is 11.3 Å². The number of rotatable bonds is 6. The molecule has 0 unspecified atom stereocenters. The molecule has 0 fully saturated rings. The first-order chi connectivity index (χ1) is 10.1. The lowest BCUT2D eigenvalue weighted by atomic mass is 10.3. The summed E-state index contributed by atoms with van der Waals surface area (Å²) < 4.78 is 6.54. The Morgan fingerprint density at radius 3 is 2.95 bits per heavy atom. The zero-order valence-electron chi connectivity index (χ0n) is 11.8. The Labute approximate surface area is 125 Å². The number of aromatic nitrogens is 3. The van der Waals surface area contributed by atoms with Crippen LogP contribution in [0.4, 0.5) is 0 Å². The van der Waals surface area contributed by atoms with Crippen LogP contribution in [-0.4, -0.2) is 39.8 Å². The van der Waals surface area contributed by atoms with Crippen molar-refractivity contribution < 1.29 is 14.3 Å². The van der Waals surface area contributed by atoms with E-state index in [2.05, 4.69) is 15.4 Å². The molecule has 0 aliphatic heterocycles. The van der Waals surface area contributed by atoms with Crippen LogP contribution in [0, 0.1) is 0 Å². The molecule has 1 N–H and O–H groups in total. The molecule has 8 heteroatoms. The maximum atomic E-state index is 11.9. The van der Waals surface area contributed by atoms with Crippen molar-refractivity contribution in [2.75, 3.05) is 13.2 Å². The predicted octanol–water partition coefficient (Wildman–Crippen LogP) is 1.03. The van der Waals surface area contributed by atoms with Gasteiger partial charge in [0.15, 0.2) is 0 Å². The Morgan fingerprint density at radius 2 is 2.29 bits per heavy atom. The minimum Gasteiger partial charge on any atom is -0.461 e. The second-order valence-electron chi connectivity index (χ2n) is 4.25. The van der Waals surface area contributed by atoms with E-state index >= 15 is 0 Å². The largest absolute Gasteiger partial charge is 0.461 e. The Morgan fingerprint density at radius 1 is 1.48 bits per heavy atom. The van der Waals surface area contributed by atoms with Crippen molar-refractivity contribution in [1.82, 2.24) is 20.1 Å². The quantitative estimate of drug-likeness (QED) is 0.805. The van der Waals surface area contributed by atoms with Gasteiger partial charge in [0.05, 0.1) is 12.3 Å². The summed E-state index contributed by atoms with van der Waals surface area (Å²) in [5, 5.41) is 8.69. The van der Waals surface area contributed by atoms with Gasteiger partial charge in [0, 0.05) is 31.6 Å². The van der Waals surface area contributed by atoms with Crippen molar-refractivity contribution in [2.45, 2.75) is 13.3 Å². The van der Waals surface area contributed by atoms with Gasteiger partial charge < -0.3 is 10.1 Å². The van der Waals surface area contributed by atoms with Crippen molar-refractivity contribution >= 4 is 23.2 Å². The molecule has 0 radical (unpaired) electrons. The standard InChI is InChI=1S/C13H16N4O3S/c1-3-20-13(19)12-15-10(8-21-12)11(18)14-6-4-9-5-7-17(2)16-9/h5,7-8H,3-4,6H2,1-2H3,(H,14,18). The van der Waals surface area contributed by atoms with E-state index in [0.717, 1.165) is 17.0 Å². The van der Waals surface area contributed by atoms with Crippen molar-refractivity contribution in [3.05, 3.63) is 34.0 Å². The van der Waals surface area contributed by atoms with Crippen LogP contribution < -0.4 is 5.32 Å². The molecule has 0 saturated heterocycles. The highest BCUT2D eigenvalue weighted by atomic mass is 32.1. The number of amides is 1. The van der Waals surface area contributed by atoms with Crippen LogP contribution in [0.15, 0.2) is 17.6 Å². The first-order valence-corrected chi connectivity index (χ1v) is 7.37. The fraction of sp³-hybridized carbons (Fsp3) is 0.385. The average Bonchev–Trinajstić information content (AvgIpc) is 3.08. The number of carbonyl (C=O) groups is 2. The zero-order chi connectivity index (χ0) is 15.2. The zero-order valence-corrected chi connectivity index (χ0v) is 12.6. The molecular formula is C13H16N4O3S. The molecule has 0 saturated carbocycles. The van der Waals surface area contributed by atoms with E-state index in [4.69, 9.17) is 4.74 Å². The Hall–Kier alpha value is -2.22. The molecule has 0 atom stereocenters. The lowest BCUT2D eigenvalue weighted by molar-refractivity contribution is 0.0526. The third-order valence-corrected chi connectivity index (χ3v) is 3.44. The average molecular weight is 308 g/mol. The fourth-order valence-electron chi connectivity index (χ4n) is 1.66. The van der Waals surface area contributed by atoms with E-state index in [1.807, 2.05) is 19.3 Å².